The van der Waals surface area contributed by atoms with Gasteiger partial charge in [-0.05, 0) is 120 Å². The van der Waals surface area contributed by atoms with Crippen molar-refractivity contribution in [3.05, 3.63) is 0 Å². The van der Waals surface area contributed by atoms with Gasteiger partial charge < -0.3 is 79.3 Å². The maximum atomic E-state index is 13.2. The van der Waals surface area contributed by atoms with Crippen LogP contribution in [0.25, 0.3) is 0 Å². The van der Waals surface area contributed by atoms with Gasteiger partial charge in [-0.2, -0.15) is 0 Å². The van der Waals surface area contributed by atoms with Crippen LogP contribution in [0.3, 0.4) is 0 Å². The molecule has 0 aromatic heterocycles. The first-order valence-corrected chi connectivity index (χ1v) is 51.0. The monoisotopic (exact) mass is 1710 g/mol. The lowest BCUT2D eigenvalue weighted by Gasteiger charge is -2.41. The molecule has 10 N–H and O–H groups in total. The summed E-state index contributed by atoms with van der Waals surface area (Å²) in [7, 11) is -4.97. The van der Waals surface area contributed by atoms with Crippen molar-refractivity contribution in [2.45, 2.75) is 473 Å². The molecule has 118 heavy (non-hydrogen) atoms. The van der Waals surface area contributed by atoms with E-state index >= 15 is 0 Å². The summed E-state index contributed by atoms with van der Waals surface area (Å²) in [6.45, 7) is 40.3. The quantitative estimate of drug-likeness (QED) is 0.0960. The third-order valence-electron chi connectivity index (χ3n) is 28.1. The predicted molar refractivity (Wildman–Crippen MR) is 481 cm³/mol. The normalized spacial score (nSPS) is 39.8. The second-order valence-corrected chi connectivity index (χ2v) is 42.5. The molecule has 19 nitrogen and oxygen atoms in total. The third kappa shape index (κ3) is 52.7. The molecule has 3 aliphatic rings. The zero-order valence-corrected chi connectivity index (χ0v) is 79.7. The van der Waals surface area contributed by atoms with Crippen LogP contribution in [0.5, 0.6) is 0 Å². The fourth-order valence-electron chi connectivity index (χ4n) is 18.5. The highest BCUT2D eigenvalue weighted by atomic mass is 31.2. The van der Waals surface area contributed by atoms with E-state index in [1.165, 1.54) is 231 Å². The molecule has 704 valence electrons. The molecular formula is C98H193O19P. The largest absolute Gasteiger partial charge is 0.472 e. The van der Waals surface area contributed by atoms with E-state index < -0.39 is 94.0 Å². The van der Waals surface area contributed by atoms with Crippen molar-refractivity contribution in [2.24, 2.45) is 94.7 Å². The smallest absolute Gasteiger partial charge is 0.394 e. The molecule has 30 atom stereocenters. The second-order valence-electron chi connectivity index (χ2n) is 41.1. The Morgan fingerprint density at radius 2 is 0.500 bits per heavy atom. The molecule has 0 aromatic carbocycles. The van der Waals surface area contributed by atoms with Gasteiger partial charge in [-0.1, -0.05) is 368 Å². The highest BCUT2D eigenvalue weighted by Gasteiger charge is 2.52. The van der Waals surface area contributed by atoms with Crippen LogP contribution in [0.1, 0.15) is 393 Å². The zero-order chi connectivity index (χ0) is 87.4. The number of rotatable bonds is 9. The number of phosphoric ester groups is 1. The molecule has 0 aromatic rings. The first-order valence-electron chi connectivity index (χ1n) is 49.5. The molecule has 0 radical (unpaired) electrons. The molecule has 0 bridgehead atoms. The van der Waals surface area contributed by atoms with Gasteiger partial charge in [0.25, 0.3) is 0 Å². The molecule has 2 aliphatic heterocycles. The number of aliphatic hydroxyl groups excluding tert-OH is 9. The minimum absolute atomic E-state index is 0.0847. The minimum atomic E-state index is -4.97. The van der Waals surface area contributed by atoms with Crippen molar-refractivity contribution in [2.75, 3.05) is 59.5 Å². The molecule has 2 heterocycles. The molecule has 20 heteroatoms. The average molecular weight is 1710 g/mol. The number of hydrogen-bond donors (Lipinski definition) is 10. The van der Waals surface area contributed by atoms with Crippen LogP contribution in [0, 0.1) is 94.7 Å². The van der Waals surface area contributed by atoms with Crippen molar-refractivity contribution in [1.29, 1.82) is 0 Å². The van der Waals surface area contributed by atoms with Crippen LogP contribution < -0.4 is 0 Å². The Hall–Kier alpha value is -0.490. The lowest BCUT2D eigenvalue weighted by Crippen LogP contribution is -2.64. The first-order chi connectivity index (χ1) is 56.2. The van der Waals surface area contributed by atoms with Crippen molar-refractivity contribution in [1.82, 2.24) is 0 Å². The minimum Gasteiger partial charge on any atom is -0.394 e. The Morgan fingerprint density at radius 3 is 0.763 bits per heavy atom. The van der Waals surface area contributed by atoms with E-state index in [2.05, 4.69) is 111 Å². The van der Waals surface area contributed by atoms with Crippen LogP contribution in [0.15, 0.2) is 0 Å². The molecule has 1 saturated carbocycles. The fraction of sp³-hybridized carbons (Fsp3) is 1.00. The van der Waals surface area contributed by atoms with Gasteiger partial charge in [0.05, 0.1) is 33.0 Å². The van der Waals surface area contributed by atoms with Crippen LogP contribution in [-0.2, 0) is 42.0 Å². The molecule has 1 aliphatic carbocycles. The van der Waals surface area contributed by atoms with E-state index in [1.54, 1.807) is 0 Å². The lowest BCUT2D eigenvalue weighted by atomic mass is 9.85. The van der Waals surface area contributed by atoms with E-state index in [4.69, 9.17) is 37.5 Å². The number of ether oxygens (including phenoxy) is 6. The van der Waals surface area contributed by atoms with E-state index in [0.29, 0.717) is 68.5 Å². The van der Waals surface area contributed by atoms with Crippen molar-refractivity contribution in [3.8, 4) is 0 Å². The molecule has 21 unspecified atom stereocenters. The van der Waals surface area contributed by atoms with E-state index in [-0.39, 0.29) is 19.8 Å². The standard InChI is InChI=1S/C98H193O19P/c1-70-29-17-33-74(5)41-25-49-82(13)57-61-110-66-86(68-114-98-96(107)90(101)89(100)88(65-99)116-98)112-63-59-84(15)51-27-43-76(7)35-19-31-72(3)39-23-47-80(11)55-53-79(10)46-22-38-71(2)30-18-34-75(6)42-26-50-83(14)58-62-111-67-87(69-115-118(108,109)117-97-94(105)92(103)91(102)93(104)95(97)106)113-64-60-85(16)52-28-44-77(8)36-20-32-73(4)40-24-48-81(12)56-54-78(9)45-21-37-70/h70-107H,17-69H2,1-16H3,(H,108,109)/t70?,71?,72?,73?,74?,75?,76?,77?,78?,79?,80?,81?,82?,83?,84?,85?,86?,87?,88-,89+,90+,91?,92+,93+,94-,95+,96-,97?,98+/m1/s1. The van der Waals surface area contributed by atoms with Crippen molar-refractivity contribution in [3.63, 3.8) is 0 Å². The number of hydrogen-bond acceptors (Lipinski definition) is 18. The topological polar surface area (TPSA) is 293 Å². The molecule has 0 spiro atoms. The van der Waals surface area contributed by atoms with E-state index in [1.807, 2.05) is 0 Å². The van der Waals surface area contributed by atoms with E-state index in [0.717, 1.165) is 111 Å². The lowest BCUT2D eigenvalue weighted by molar-refractivity contribution is -0.306. The third-order valence-corrected chi connectivity index (χ3v) is 29.1. The van der Waals surface area contributed by atoms with Gasteiger partial charge in [0.15, 0.2) is 6.29 Å². The summed E-state index contributed by atoms with van der Waals surface area (Å²) in [5, 5.41) is 92.8. The van der Waals surface area contributed by atoms with Gasteiger partial charge in [-0.25, -0.2) is 4.57 Å². The molecule has 2 saturated heterocycles. The number of phosphoric acid groups is 1. The maximum absolute atomic E-state index is 13.2. The van der Waals surface area contributed by atoms with Crippen molar-refractivity contribution >= 4 is 7.82 Å². The summed E-state index contributed by atoms with van der Waals surface area (Å²) in [4.78, 5) is 10.8. The Morgan fingerprint density at radius 1 is 0.280 bits per heavy atom. The average Bonchev–Trinajstić information content (AvgIpc) is 0.793. The second kappa shape index (κ2) is 66.0. The van der Waals surface area contributed by atoms with Crippen molar-refractivity contribution < 1.29 is 92.9 Å². The Bertz CT molecular complexity index is 2370. The summed E-state index contributed by atoms with van der Waals surface area (Å²) in [6.07, 6.45) is 35.5. The van der Waals surface area contributed by atoms with E-state index in [9.17, 15) is 55.4 Å². The fourth-order valence-corrected chi connectivity index (χ4v) is 19.4. The SMILES string of the molecule is CC1CCCC(C)CCCC(C)CCC(C)CCCC(C)CCCC(C)CCCC(C)CCOC(COP(=O)(O)OC2[C@@H](O)[C@@H](O)C(O)[C@H](O)[C@H]2O)COCCC(C)CCCC(C)CCCC(C)CCCC(C)CCC(C)CCCC(C)CCCC(C)CCCC(C)CCOC(CO[C@H]2O[C@H](CO)[C@H](O)[C@H](O)[C@H]2O)COCCC(C)CCC1. The summed E-state index contributed by atoms with van der Waals surface area (Å²) >= 11 is 0. The summed E-state index contributed by atoms with van der Waals surface area (Å²) in [5.74, 6) is 11.0. The van der Waals surface area contributed by atoms with Crippen LogP contribution in [-0.4, -0.2) is 190 Å². The van der Waals surface area contributed by atoms with Crippen LogP contribution in [0.4, 0.5) is 0 Å². The number of aliphatic hydroxyl groups is 9. The highest BCUT2D eigenvalue weighted by Crippen LogP contribution is 2.47. The summed E-state index contributed by atoms with van der Waals surface area (Å²) in [6, 6.07) is 0. The summed E-state index contributed by atoms with van der Waals surface area (Å²) in [5.41, 5.74) is 0. The van der Waals surface area contributed by atoms with Gasteiger partial charge in [-0.3, -0.25) is 9.05 Å². The van der Waals surface area contributed by atoms with Crippen LogP contribution in [0.2, 0.25) is 0 Å². The molecular weight excluding hydrogens is 1510 g/mol. The van der Waals surface area contributed by atoms with Gasteiger partial charge >= 0.3 is 7.82 Å². The highest BCUT2D eigenvalue weighted by molar-refractivity contribution is 7.47. The summed E-state index contributed by atoms with van der Waals surface area (Å²) < 4.78 is 60.6. The van der Waals surface area contributed by atoms with Gasteiger partial charge in [0, 0.05) is 26.4 Å². The van der Waals surface area contributed by atoms with Gasteiger partial charge in [0.2, 0.25) is 0 Å². The molecule has 0 amide bonds. The van der Waals surface area contributed by atoms with Gasteiger partial charge in [0.1, 0.15) is 73.2 Å². The Labute approximate surface area is 724 Å². The first kappa shape index (κ1) is 112. The van der Waals surface area contributed by atoms with Crippen LogP contribution >= 0.6 is 7.82 Å². The Kier molecular flexibility index (Phi) is 62.4. The zero-order valence-electron chi connectivity index (χ0n) is 78.8. The predicted octanol–water partition coefficient (Wildman–Crippen LogP) is 21.3. The Balaban J connectivity index is 1.50. The maximum Gasteiger partial charge on any atom is 0.472 e. The van der Waals surface area contributed by atoms with Gasteiger partial charge in [-0.15, -0.1) is 0 Å². The molecule has 3 rings (SSSR count). The molecule has 3 fully saturated rings.